The van der Waals surface area contributed by atoms with Crippen molar-refractivity contribution in [3.05, 3.63) is 83.1 Å². The summed E-state index contributed by atoms with van der Waals surface area (Å²) < 4.78 is 15.0. The zero-order valence-electron chi connectivity index (χ0n) is 15.6. The lowest BCUT2D eigenvalue weighted by Gasteiger charge is -2.07. The van der Waals surface area contributed by atoms with E-state index in [1.54, 1.807) is 12.1 Å². The van der Waals surface area contributed by atoms with Gasteiger partial charge >= 0.3 is 0 Å². The monoisotopic (exact) mass is 362 g/mol. The van der Waals surface area contributed by atoms with E-state index in [4.69, 9.17) is 0 Å². The fraction of sp³-hybridized carbons (Fsp3) is 0.227. The summed E-state index contributed by atoms with van der Waals surface area (Å²) in [5.74, 6) is -0.237. The van der Waals surface area contributed by atoms with E-state index < -0.39 is 0 Å². The number of aromatic amines is 1. The van der Waals surface area contributed by atoms with Crippen molar-refractivity contribution >= 4 is 10.9 Å². The van der Waals surface area contributed by atoms with Crippen molar-refractivity contribution in [1.82, 2.24) is 20.1 Å². The molecule has 0 aliphatic rings. The highest BCUT2D eigenvalue weighted by atomic mass is 19.1. The molecular formula is C22H23FN4. The highest BCUT2D eigenvalue weighted by Crippen LogP contribution is 2.19. The third kappa shape index (κ3) is 3.51. The molecule has 0 unspecified atom stereocenters. The van der Waals surface area contributed by atoms with Crippen LogP contribution < -0.4 is 5.32 Å². The van der Waals surface area contributed by atoms with Crippen LogP contribution in [-0.4, -0.2) is 21.3 Å². The van der Waals surface area contributed by atoms with E-state index in [1.807, 2.05) is 17.7 Å². The zero-order valence-corrected chi connectivity index (χ0v) is 15.6. The second-order valence-electron chi connectivity index (χ2n) is 6.82. The number of nitrogens with one attached hydrogen (secondary N) is 2. The summed E-state index contributed by atoms with van der Waals surface area (Å²) in [5.41, 5.74) is 6.66. The molecule has 4 nitrogen and oxygen atoms in total. The van der Waals surface area contributed by atoms with Crippen molar-refractivity contribution in [3.63, 3.8) is 0 Å². The van der Waals surface area contributed by atoms with Crippen LogP contribution in [0, 0.1) is 19.7 Å². The third-order valence-corrected chi connectivity index (χ3v) is 5.06. The second-order valence-corrected chi connectivity index (χ2v) is 6.82. The number of nitrogens with zero attached hydrogens (tertiary/aromatic N) is 2. The summed E-state index contributed by atoms with van der Waals surface area (Å²) in [6.45, 7) is 5.73. The molecule has 0 aliphatic carbocycles. The number of halogens is 1. The molecule has 0 fully saturated rings. The third-order valence-electron chi connectivity index (χ3n) is 5.06. The Balaban J connectivity index is 1.42. The predicted molar refractivity (Wildman–Crippen MR) is 107 cm³/mol. The Morgan fingerprint density at radius 1 is 1.07 bits per heavy atom. The van der Waals surface area contributed by atoms with E-state index in [-0.39, 0.29) is 5.82 Å². The summed E-state index contributed by atoms with van der Waals surface area (Å²) >= 11 is 0. The van der Waals surface area contributed by atoms with Crippen LogP contribution in [0.4, 0.5) is 4.39 Å². The molecule has 2 aromatic heterocycles. The van der Waals surface area contributed by atoms with Crippen LogP contribution in [0.2, 0.25) is 0 Å². The van der Waals surface area contributed by atoms with Crippen LogP contribution in [0.1, 0.15) is 22.5 Å². The molecule has 4 aromatic rings. The summed E-state index contributed by atoms with van der Waals surface area (Å²) in [6, 6.07) is 14.8. The highest BCUT2D eigenvalue weighted by Gasteiger charge is 2.12. The van der Waals surface area contributed by atoms with E-state index in [9.17, 15) is 4.39 Å². The zero-order chi connectivity index (χ0) is 18.8. The normalized spacial score (nSPS) is 11.4. The van der Waals surface area contributed by atoms with Crippen molar-refractivity contribution in [2.45, 2.75) is 26.8 Å². The first-order valence-corrected chi connectivity index (χ1v) is 9.20. The minimum atomic E-state index is -0.237. The molecule has 0 bridgehead atoms. The molecule has 2 heterocycles. The van der Waals surface area contributed by atoms with Crippen molar-refractivity contribution < 1.29 is 4.39 Å². The fourth-order valence-corrected chi connectivity index (χ4v) is 3.54. The summed E-state index contributed by atoms with van der Waals surface area (Å²) in [5, 5.41) is 9.45. The first kappa shape index (κ1) is 17.5. The van der Waals surface area contributed by atoms with Crippen molar-refractivity contribution in [2.24, 2.45) is 0 Å². The minimum absolute atomic E-state index is 0.237. The minimum Gasteiger partial charge on any atom is -0.361 e. The quantitative estimate of drug-likeness (QED) is 0.498. The standard InChI is InChI=1S/C22H23FN4/c1-15-21(16(2)27(26-15)19-9-7-18(23)8-10-19)14-24-12-11-17-13-25-22-6-4-3-5-20(17)22/h3-10,13,24-25H,11-12,14H2,1-2H3. The van der Waals surface area contributed by atoms with E-state index in [2.05, 4.69) is 46.7 Å². The van der Waals surface area contributed by atoms with Crippen LogP contribution >= 0.6 is 0 Å². The van der Waals surface area contributed by atoms with E-state index in [0.717, 1.165) is 36.6 Å². The molecule has 0 saturated heterocycles. The Bertz CT molecular complexity index is 1060. The number of aryl methyl sites for hydroxylation is 1. The molecule has 0 atom stereocenters. The number of para-hydroxylation sites is 1. The largest absolute Gasteiger partial charge is 0.361 e. The first-order valence-electron chi connectivity index (χ1n) is 9.20. The van der Waals surface area contributed by atoms with Crippen LogP contribution in [-0.2, 0) is 13.0 Å². The van der Waals surface area contributed by atoms with Gasteiger partial charge < -0.3 is 10.3 Å². The van der Waals surface area contributed by atoms with Gasteiger partial charge in [-0.2, -0.15) is 5.10 Å². The van der Waals surface area contributed by atoms with Gasteiger partial charge in [-0.1, -0.05) is 18.2 Å². The number of fused-ring (bicyclic) bond motifs is 1. The Morgan fingerprint density at radius 2 is 1.85 bits per heavy atom. The lowest BCUT2D eigenvalue weighted by molar-refractivity contribution is 0.627. The number of hydrogen-bond acceptors (Lipinski definition) is 2. The molecular weight excluding hydrogens is 339 g/mol. The number of rotatable bonds is 6. The number of H-pyrrole nitrogens is 1. The van der Waals surface area contributed by atoms with Crippen molar-refractivity contribution in [2.75, 3.05) is 6.54 Å². The highest BCUT2D eigenvalue weighted by molar-refractivity contribution is 5.83. The summed E-state index contributed by atoms with van der Waals surface area (Å²) in [4.78, 5) is 3.32. The van der Waals surface area contributed by atoms with Gasteiger partial charge in [0.25, 0.3) is 0 Å². The molecule has 0 radical (unpaired) electrons. The summed E-state index contributed by atoms with van der Waals surface area (Å²) in [6.07, 6.45) is 3.06. The Hall–Kier alpha value is -2.92. The van der Waals surface area contributed by atoms with Crippen LogP contribution in [0.5, 0.6) is 0 Å². The Morgan fingerprint density at radius 3 is 2.67 bits per heavy atom. The van der Waals surface area contributed by atoms with Gasteiger partial charge in [0.2, 0.25) is 0 Å². The lowest BCUT2D eigenvalue weighted by Crippen LogP contribution is -2.17. The van der Waals surface area contributed by atoms with Gasteiger partial charge in [-0.3, -0.25) is 0 Å². The second kappa shape index (κ2) is 7.37. The number of hydrogen-bond donors (Lipinski definition) is 2. The molecule has 0 saturated carbocycles. The molecule has 138 valence electrons. The van der Waals surface area contributed by atoms with Crippen molar-refractivity contribution in [3.8, 4) is 5.69 Å². The molecule has 0 spiro atoms. The van der Waals surface area contributed by atoms with Gasteiger partial charge in [-0.15, -0.1) is 0 Å². The van der Waals surface area contributed by atoms with Crippen molar-refractivity contribution in [1.29, 1.82) is 0 Å². The molecule has 2 aromatic carbocycles. The molecule has 2 N–H and O–H groups in total. The number of aromatic nitrogens is 3. The number of benzene rings is 2. The van der Waals surface area contributed by atoms with Crippen LogP contribution in [0.3, 0.4) is 0 Å². The molecule has 4 rings (SSSR count). The first-order chi connectivity index (χ1) is 13.1. The van der Waals surface area contributed by atoms with Gasteiger partial charge in [0.15, 0.2) is 0 Å². The van der Waals surface area contributed by atoms with Gasteiger partial charge in [-0.25, -0.2) is 9.07 Å². The lowest BCUT2D eigenvalue weighted by atomic mass is 10.1. The smallest absolute Gasteiger partial charge is 0.123 e. The molecule has 0 amide bonds. The fourth-order valence-electron chi connectivity index (χ4n) is 3.54. The van der Waals surface area contributed by atoms with Gasteiger partial charge in [0.1, 0.15) is 5.82 Å². The maximum atomic E-state index is 13.2. The van der Waals surface area contributed by atoms with E-state index in [1.165, 1.54) is 34.2 Å². The van der Waals surface area contributed by atoms with E-state index >= 15 is 0 Å². The van der Waals surface area contributed by atoms with Crippen LogP contribution in [0.25, 0.3) is 16.6 Å². The maximum absolute atomic E-state index is 13.2. The van der Waals surface area contributed by atoms with E-state index in [0.29, 0.717) is 0 Å². The van der Waals surface area contributed by atoms with Gasteiger partial charge in [0, 0.05) is 34.9 Å². The van der Waals surface area contributed by atoms with Gasteiger partial charge in [-0.05, 0) is 62.7 Å². The van der Waals surface area contributed by atoms with Crippen LogP contribution in [0.15, 0.2) is 54.7 Å². The summed E-state index contributed by atoms with van der Waals surface area (Å²) in [7, 11) is 0. The average molecular weight is 362 g/mol. The molecule has 5 heteroatoms. The average Bonchev–Trinajstić information content (AvgIpc) is 3.21. The molecule has 27 heavy (non-hydrogen) atoms. The molecule has 0 aliphatic heterocycles. The van der Waals surface area contributed by atoms with Gasteiger partial charge in [0.05, 0.1) is 11.4 Å². The SMILES string of the molecule is Cc1nn(-c2ccc(F)cc2)c(C)c1CNCCc1c[nH]c2ccccc12. The maximum Gasteiger partial charge on any atom is 0.123 e. The predicted octanol–water partition coefficient (Wildman–Crippen LogP) is 4.44. The Kier molecular flexibility index (Phi) is 4.77. The topological polar surface area (TPSA) is 45.6 Å². The Labute approximate surface area is 158 Å².